The van der Waals surface area contributed by atoms with E-state index < -0.39 is 11.4 Å². The van der Waals surface area contributed by atoms with Crippen LogP contribution in [0.25, 0.3) is 0 Å². The Morgan fingerprint density at radius 2 is 2.00 bits per heavy atom. The first-order chi connectivity index (χ1) is 9.58. The second kappa shape index (κ2) is 6.16. The molecule has 0 saturated carbocycles. The van der Waals surface area contributed by atoms with Crippen molar-refractivity contribution >= 4 is 5.78 Å². The summed E-state index contributed by atoms with van der Waals surface area (Å²) in [6.45, 7) is 1.47. The van der Waals surface area contributed by atoms with Crippen molar-refractivity contribution in [1.29, 1.82) is 0 Å². The lowest BCUT2D eigenvalue weighted by molar-refractivity contribution is 0.0719. The zero-order chi connectivity index (χ0) is 14.5. The van der Waals surface area contributed by atoms with Crippen LogP contribution in [0.1, 0.15) is 21.7 Å². The molecule has 1 heterocycles. The van der Waals surface area contributed by atoms with Gasteiger partial charge in [-0.1, -0.05) is 30.3 Å². The molecule has 0 fully saturated rings. The van der Waals surface area contributed by atoms with Crippen LogP contribution in [0.2, 0.25) is 0 Å². The highest BCUT2D eigenvalue weighted by Crippen LogP contribution is 2.15. The van der Waals surface area contributed by atoms with E-state index in [0.717, 1.165) is 5.56 Å². The third-order valence-corrected chi connectivity index (χ3v) is 2.68. The maximum Gasteiger partial charge on any atom is 0.350 e. The van der Waals surface area contributed by atoms with E-state index in [4.69, 9.17) is 9.15 Å². The molecule has 0 spiro atoms. The number of carbonyl (C=O) groups is 1. The van der Waals surface area contributed by atoms with Gasteiger partial charge in [-0.25, -0.2) is 4.79 Å². The smallest absolute Gasteiger partial charge is 0.350 e. The average molecular weight is 274 g/mol. The molecule has 104 valence electrons. The van der Waals surface area contributed by atoms with Crippen LogP contribution in [-0.2, 0) is 11.3 Å². The Labute approximate surface area is 115 Å². The summed E-state index contributed by atoms with van der Waals surface area (Å²) in [6, 6.07) is 10.6. The average Bonchev–Trinajstić information content (AvgIpc) is 2.38. The lowest BCUT2D eigenvalue weighted by atomic mass is 10.2. The fourth-order valence-electron chi connectivity index (χ4n) is 1.76. The number of hydrogen-bond acceptors (Lipinski definition) is 5. The molecule has 0 aliphatic carbocycles. The summed E-state index contributed by atoms with van der Waals surface area (Å²) in [6.07, 6.45) is 0. The zero-order valence-electron chi connectivity index (χ0n) is 11.0. The van der Waals surface area contributed by atoms with Crippen molar-refractivity contribution in [1.82, 2.24) is 0 Å². The fourth-order valence-corrected chi connectivity index (χ4v) is 1.76. The number of aromatic hydroxyl groups is 1. The topological polar surface area (TPSA) is 76.7 Å². The van der Waals surface area contributed by atoms with Gasteiger partial charge in [-0.3, -0.25) is 4.79 Å². The van der Waals surface area contributed by atoms with Crippen molar-refractivity contribution in [2.75, 3.05) is 6.61 Å². The molecule has 2 aromatic rings. The Kier molecular flexibility index (Phi) is 4.32. The minimum absolute atomic E-state index is 0.245. The van der Waals surface area contributed by atoms with Crippen LogP contribution in [0.4, 0.5) is 0 Å². The van der Waals surface area contributed by atoms with E-state index in [-0.39, 0.29) is 30.3 Å². The van der Waals surface area contributed by atoms with E-state index >= 15 is 0 Å². The first-order valence-corrected chi connectivity index (χ1v) is 6.06. The van der Waals surface area contributed by atoms with Gasteiger partial charge in [0, 0.05) is 6.07 Å². The van der Waals surface area contributed by atoms with Crippen LogP contribution in [0.15, 0.2) is 45.6 Å². The van der Waals surface area contributed by atoms with Gasteiger partial charge in [0.05, 0.1) is 6.61 Å². The van der Waals surface area contributed by atoms with Crippen LogP contribution in [0.5, 0.6) is 5.75 Å². The highest BCUT2D eigenvalue weighted by atomic mass is 16.5. The number of carbonyl (C=O) groups excluding carboxylic acids is 1. The summed E-state index contributed by atoms with van der Waals surface area (Å²) in [5.74, 6) is -0.742. The van der Waals surface area contributed by atoms with E-state index in [0.29, 0.717) is 0 Å². The molecular weight excluding hydrogens is 260 g/mol. The van der Waals surface area contributed by atoms with Gasteiger partial charge in [0.1, 0.15) is 23.7 Å². The summed E-state index contributed by atoms with van der Waals surface area (Å²) in [7, 11) is 0. The fraction of sp³-hybridized carbons (Fsp3) is 0.200. The predicted octanol–water partition coefficient (Wildman–Crippen LogP) is 2.05. The Balaban J connectivity index is 2.01. The summed E-state index contributed by atoms with van der Waals surface area (Å²) in [4.78, 5) is 23.4. The molecule has 1 aromatic heterocycles. The normalized spacial score (nSPS) is 10.4. The van der Waals surface area contributed by atoms with E-state index in [1.807, 2.05) is 30.3 Å². The maximum atomic E-state index is 11.8. The van der Waals surface area contributed by atoms with E-state index in [1.165, 1.54) is 13.0 Å². The molecule has 1 N–H and O–H groups in total. The lowest BCUT2D eigenvalue weighted by Crippen LogP contribution is -2.19. The summed E-state index contributed by atoms with van der Waals surface area (Å²) in [5.41, 5.74) is -0.306. The first kappa shape index (κ1) is 14.0. The molecule has 5 nitrogen and oxygen atoms in total. The highest BCUT2D eigenvalue weighted by Gasteiger charge is 2.18. The second-order valence-electron chi connectivity index (χ2n) is 4.31. The van der Waals surface area contributed by atoms with Crippen LogP contribution < -0.4 is 5.63 Å². The number of ketones is 1. The summed E-state index contributed by atoms with van der Waals surface area (Å²) < 4.78 is 10.0. The Hall–Kier alpha value is -2.40. The number of ether oxygens (including phenoxy) is 1. The molecule has 2 rings (SSSR count). The van der Waals surface area contributed by atoms with Gasteiger partial charge in [-0.15, -0.1) is 0 Å². The molecule has 0 aliphatic heterocycles. The molecule has 0 saturated heterocycles. The molecule has 0 bridgehead atoms. The monoisotopic (exact) mass is 274 g/mol. The highest BCUT2D eigenvalue weighted by molar-refractivity contribution is 5.98. The van der Waals surface area contributed by atoms with Crippen LogP contribution in [0, 0.1) is 6.92 Å². The van der Waals surface area contributed by atoms with Crippen molar-refractivity contribution < 1.29 is 19.1 Å². The van der Waals surface area contributed by atoms with Gasteiger partial charge in [0.15, 0.2) is 5.78 Å². The lowest BCUT2D eigenvalue weighted by Gasteiger charge is -2.05. The number of Topliss-reactive ketones (excluding diaryl/α,β-unsaturated/α-hetero) is 1. The Morgan fingerprint density at radius 1 is 1.30 bits per heavy atom. The summed E-state index contributed by atoms with van der Waals surface area (Å²) >= 11 is 0. The van der Waals surface area contributed by atoms with Crippen LogP contribution in [0.3, 0.4) is 0 Å². The van der Waals surface area contributed by atoms with Crippen molar-refractivity contribution in [2.45, 2.75) is 13.5 Å². The third-order valence-electron chi connectivity index (χ3n) is 2.68. The van der Waals surface area contributed by atoms with E-state index in [1.54, 1.807) is 0 Å². The standard InChI is InChI=1S/C15H14O5/c1-10-7-12(16)14(15(18)20-10)13(17)9-19-8-11-5-3-2-4-6-11/h2-7,16H,8-9H2,1H3. The van der Waals surface area contributed by atoms with E-state index in [9.17, 15) is 14.7 Å². The van der Waals surface area contributed by atoms with Crippen molar-refractivity contribution in [2.24, 2.45) is 0 Å². The molecule has 0 aliphatic rings. The van der Waals surface area contributed by atoms with Crippen molar-refractivity contribution in [3.8, 4) is 5.75 Å². The van der Waals surface area contributed by atoms with Gasteiger partial charge < -0.3 is 14.3 Å². The Morgan fingerprint density at radius 3 is 2.65 bits per heavy atom. The third kappa shape index (κ3) is 3.33. The van der Waals surface area contributed by atoms with Gasteiger partial charge in [0.2, 0.25) is 0 Å². The Bertz CT molecular complexity index is 658. The second-order valence-corrected chi connectivity index (χ2v) is 4.31. The van der Waals surface area contributed by atoms with Crippen LogP contribution >= 0.6 is 0 Å². The molecule has 0 unspecified atom stereocenters. The van der Waals surface area contributed by atoms with Crippen LogP contribution in [-0.4, -0.2) is 17.5 Å². The summed E-state index contributed by atoms with van der Waals surface area (Å²) in [5, 5.41) is 9.62. The molecule has 0 amide bonds. The number of benzene rings is 1. The number of rotatable bonds is 5. The minimum atomic E-state index is -0.851. The van der Waals surface area contributed by atoms with Gasteiger partial charge in [0.25, 0.3) is 0 Å². The van der Waals surface area contributed by atoms with Gasteiger partial charge in [-0.2, -0.15) is 0 Å². The molecule has 1 aromatic carbocycles. The molecule has 0 atom stereocenters. The predicted molar refractivity (Wildman–Crippen MR) is 71.8 cm³/mol. The number of hydrogen-bond donors (Lipinski definition) is 1. The molecule has 0 radical (unpaired) electrons. The van der Waals surface area contributed by atoms with Gasteiger partial charge in [-0.05, 0) is 12.5 Å². The maximum absolute atomic E-state index is 11.8. The quantitative estimate of drug-likeness (QED) is 0.844. The largest absolute Gasteiger partial charge is 0.507 e. The molecule has 5 heteroatoms. The molecule has 20 heavy (non-hydrogen) atoms. The SMILES string of the molecule is Cc1cc(O)c(C(=O)COCc2ccccc2)c(=O)o1. The van der Waals surface area contributed by atoms with Crippen molar-refractivity contribution in [3.05, 3.63) is 63.7 Å². The zero-order valence-corrected chi connectivity index (χ0v) is 11.0. The number of aryl methyl sites for hydroxylation is 1. The molecular formula is C15H14O5. The van der Waals surface area contributed by atoms with E-state index in [2.05, 4.69) is 0 Å². The first-order valence-electron chi connectivity index (χ1n) is 6.06. The van der Waals surface area contributed by atoms with Gasteiger partial charge >= 0.3 is 5.63 Å². The van der Waals surface area contributed by atoms with Crippen molar-refractivity contribution in [3.63, 3.8) is 0 Å². The minimum Gasteiger partial charge on any atom is -0.507 e.